The molecule has 0 aliphatic carbocycles. The fourth-order valence-electron chi connectivity index (χ4n) is 5.06. The van der Waals surface area contributed by atoms with E-state index >= 15 is 0 Å². The van der Waals surface area contributed by atoms with Crippen molar-refractivity contribution in [3.05, 3.63) is 41.1 Å². The van der Waals surface area contributed by atoms with Gasteiger partial charge in [-0.2, -0.15) is 5.10 Å². The fourth-order valence-corrected chi connectivity index (χ4v) is 5.06. The third-order valence-electron chi connectivity index (χ3n) is 6.96. The zero-order chi connectivity index (χ0) is 24.2. The van der Waals surface area contributed by atoms with Gasteiger partial charge in [0.2, 0.25) is 11.8 Å². The number of nitrogens with zero attached hydrogens (tertiary/aromatic N) is 5. The van der Waals surface area contributed by atoms with E-state index in [1.54, 1.807) is 4.90 Å². The van der Waals surface area contributed by atoms with Crippen molar-refractivity contribution in [2.45, 2.75) is 59.5 Å². The van der Waals surface area contributed by atoms with Gasteiger partial charge in [-0.3, -0.25) is 19.4 Å². The third-order valence-corrected chi connectivity index (χ3v) is 6.96. The van der Waals surface area contributed by atoms with Crippen LogP contribution in [-0.4, -0.2) is 71.8 Å². The Hall–Kier alpha value is -2.87. The van der Waals surface area contributed by atoms with Gasteiger partial charge in [0, 0.05) is 50.9 Å². The van der Waals surface area contributed by atoms with Crippen LogP contribution in [0.3, 0.4) is 0 Å². The van der Waals surface area contributed by atoms with Crippen LogP contribution in [0.5, 0.6) is 0 Å². The van der Waals surface area contributed by atoms with Crippen LogP contribution in [0.25, 0.3) is 0 Å². The van der Waals surface area contributed by atoms with Crippen molar-refractivity contribution < 1.29 is 9.59 Å². The van der Waals surface area contributed by atoms with Gasteiger partial charge in [0.1, 0.15) is 11.9 Å². The number of fused-ring (bicyclic) bond motifs is 1. The SMILES string of the molecule is CC[C@@H](C(=O)NCCCN1CCN(c2cc(C)ccc2C)CC1)N1C(=O)CCn2nc(C)cc21. The van der Waals surface area contributed by atoms with E-state index in [0.717, 1.165) is 50.7 Å². The molecule has 0 spiro atoms. The van der Waals surface area contributed by atoms with Crippen LogP contribution in [0.15, 0.2) is 24.3 Å². The van der Waals surface area contributed by atoms with Crippen molar-refractivity contribution in [2.75, 3.05) is 49.1 Å². The zero-order valence-electron chi connectivity index (χ0n) is 21.0. The lowest BCUT2D eigenvalue weighted by Crippen LogP contribution is -2.52. The molecule has 0 saturated carbocycles. The molecule has 1 aromatic carbocycles. The Labute approximate surface area is 202 Å². The number of rotatable bonds is 8. The van der Waals surface area contributed by atoms with E-state index in [9.17, 15) is 9.59 Å². The summed E-state index contributed by atoms with van der Waals surface area (Å²) >= 11 is 0. The molecule has 2 aliphatic rings. The molecule has 0 radical (unpaired) electrons. The summed E-state index contributed by atoms with van der Waals surface area (Å²) in [5.41, 5.74) is 4.84. The summed E-state index contributed by atoms with van der Waals surface area (Å²) in [7, 11) is 0. The Bertz CT molecular complexity index is 1020. The molecule has 2 aliphatic heterocycles. The van der Waals surface area contributed by atoms with Gasteiger partial charge in [0.05, 0.1) is 12.2 Å². The number of nitrogens with one attached hydrogen (secondary N) is 1. The van der Waals surface area contributed by atoms with Crippen molar-refractivity contribution in [1.82, 2.24) is 20.0 Å². The van der Waals surface area contributed by atoms with Crippen LogP contribution in [0.4, 0.5) is 11.5 Å². The first-order valence-electron chi connectivity index (χ1n) is 12.6. The third kappa shape index (κ3) is 5.27. The molecular weight excluding hydrogens is 428 g/mol. The highest BCUT2D eigenvalue weighted by Gasteiger charge is 2.34. The van der Waals surface area contributed by atoms with Crippen LogP contribution in [-0.2, 0) is 16.1 Å². The first-order chi connectivity index (χ1) is 16.4. The highest BCUT2D eigenvalue weighted by molar-refractivity contribution is 6.00. The highest BCUT2D eigenvalue weighted by atomic mass is 16.2. The Balaban J connectivity index is 1.24. The van der Waals surface area contributed by atoms with Gasteiger partial charge < -0.3 is 10.2 Å². The minimum Gasteiger partial charge on any atom is -0.369 e. The molecule has 8 heteroatoms. The quantitative estimate of drug-likeness (QED) is 0.606. The van der Waals surface area contributed by atoms with Gasteiger partial charge in [-0.05, 0) is 57.4 Å². The summed E-state index contributed by atoms with van der Waals surface area (Å²) < 4.78 is 1.84. The van der Waals surface area contributed by atoms with Crippen molar-refractivity contribution >= 4 is 23.3 Å². The number of carbonyl (C=O) groups is 2. The van der Waals surface area contributed by atoms with E-state index in [2.05, 4.69) is 52.3 Å². The van der Waals surface area contributed by atoms with Gasteiger partial charge in [0.15, 0.2) is 0 Å². The standard InChI is InChI=1S/C26H38N6O2/c1-5-22(32-24-18-21(4)28-31(24)12-9-25(32)33)26(34)27-10-6-11-29-13-15-30(16-14-29)23-17-19(2)7-8-20(23)3/h7-8,17-18,22H,5-6,9-16H2,1-4H3,(H,27,34)/t22-/m0/s1. The van der Waals surface area contributed by atoms with Crippen molar-refractivity contribution in [2.24, 2.45) is 0 Å². The average Bonchev–Trinajstić information content (AvgIpc) is 3.21. The van der Waals surface area contributed by atoms with E-state index in [1.807, 2.05) is 24.6 Å². The largest absolute Gasteiger partial charge is 0.369 e. The van der Waals surface area contributed by atoms with Gasteiger partial charge in [0.25, 0.3) is 0 Å². The molecule has 184 valence electrons. The van der Waals surface area contributed by atoms with Crippen LogP contribution in [0.2, 0.25) is 0 Å². The second-order valence-corrected chi connectivity index (χ2v) is 9.57. The predicted octanol–water partition coefficient (Wildman–Crippen LogP) is 2.65. The number of piperazine rings is 1. The van der Waals surface area contributed by atoms with Gasteiger partial charge in [-0.15, -0.1) is 0 Å². The van der Waals surface area contributed by atoms with Crippen molar-refractivity contribution in [3.8, 4) is 0 Å². The molecule has 1 atom stereocenters. The maximum Gasteiger partial charge on any atom is 0.243 e. The van der Waals surface area contributed by atoms with Gasteiger partial charge >= 0.3 is 0 Å². The lowest BCUT2D eigenvalue weighted by molar-refractivity contribution is -0.127. The first-order valence-corrected chi connectivity index (χ1v) is 12.6. The van der Waals surface area contributed by atoms with E-state index in [0.29, 0.717) is 25.9 Å². The van der Waals surface area contributed by atoms with Crippen LogP contribution in [0, 0.1) is 20.8 Å². The molecular formula is C26H38N6O2. The van der Waals surface area contributed by atoms with E-state index in [1.165, 1.54) is 16.8 Å². The monoisotopic (exact) mass is 466 g/mol. The summed E-state index contributed by atoms with van der Waals surface area (Å²) in [5.74, 6) is 0.650. The lowest BCUT2D eigenvalue weighted by Gasteiger charge is -2.37. The molecule has 4 rings (SSSR count). The molecule has 0 unspecified atom stereocenters. The molecule has 34 heavy (non-hydrogen) atoms. The molecule has 0 bridgehead atoms. The first kappa shape index (κ1) is 24.3. The van der Waals surface area contributed by atoms with Crippen LogP contribution in [0.1, 0.15) is 43.0 Å². The molecule has 1 saturated heterocycles. The average molecular weight is 467 g/mol. The van der Waals surface area contributed by atoms with Crippen molar-refractivity contribution in [1.29, 1.82) is 0 Å². The van der Waals surface area contributed by atoms with Crippen LogP contribution < -0.4 is 15.1 Å². The normalized spacial score (nSPS) is 17.6. The molecule has 1 N–H and O–H groups in total. The summed E-state index contributed by atoms with van der Waals surface area (Å²) in [6.07, 6.45) is 1.85. The van der Waals surface area contributed by atoms with Crippen LogP contribution >= 0.6 is 0 Å². The minimum atomic E-state index is -0.497. The molecule has 2 aromatic rings. The van der Waals surface area contributed by atoms with E-state index in [4.69, 9.17) is 0 Å². The zero-order valence-corrected chi connectivity index (χ0v) is 21.0. The summed E-state index contributed by atoms with van der Waals surface area (Å²) in [6.45, 7) is 14.5. The number of anilines is 2. The number of aryl methyl sites for hydroxylation is 4. The number of hydrogen-bond donors (Lipinski definition) is 1. The Kier molecular flexibility index (Phi) is 7.56. The summed E-state index contributed by atoms with van der Waals surface area (Å²) in [5, 5.41) is 7.53. The second kappa shape index (κ2) is 10.6. The fraction of sp³-hybridized carbons (Fsp3) is 0.577. The topological polar surface area (TPSA) is 73.7 Å². The molecule has 3 heterocycles. The smallest absolute Gasteiger partial charge is 0.243 e. The number of hydrogen-bond acceptors (Lipinski definition) is 5. The van der Waals surface area contributed by atoms with Crippen molar-refractivity contribution in [3.63, 3.8) is 0 Å². The number of benzene rings is 1. The Morgan fingerprint density at radius 2 is 1.85 bits per heavy atom. The van der Waals surface area contributed by atoms with E-state index < -0.39 is 6.04 Å². The molecule has 2 amide bonds. The highest BCUT2D eigenvalue weighted by Crippen LogP contribution is 2.26. The molecule has 1 aromatic heterocycles. The maximum absolute atomic E-state index is 13.0. The number of aromatic nitrogens is 2. The molecule has 1 fully saturated rings. The second-order valence-electron chi connectivity index (χ2n) is 9.57. The van der Waals surface area contributed by atoms with Gasteiger partial charge in [-0.25, -0.2) is 4.68 Å². The van der Waals surface area contributed by atoms with E-state index in [-0.39, 0.29) is 11.8 Å². The summed E-state index contributed by atoms with van der Waals surface area (Å²) in [6, 6.07) is 8.05. The Morgan fingerprint density at radius 3 is 2.59 bits per heavy atom. The summed E-state index contributed by atoms with van der Waals surface area (Å²) in [4.78, 5) is 32.3. The predicted molar refractivity (Wildman–Crippen MR) is 135 cm³/mol. The number of carbonyl (C=O) groups excluding carboxylic acids is 2. The molecule has 8 nitrogen and oxygen atoms in total. The maximum atomic E-state index is 13.0. The Morgan fingerprint density at radius 1 is 1.09 bits per heavy atom. The van der Waals surface area contributed by atoms with Gasteiger partial charge in [-0.1, -0.05) is 19.1 Å². The lowest BCUT2D eigenvalue weighted by atomic mass is 10.1. The minimum absolute atomic E-state index is 0.00359. The number of amides is 2.